The minimum Gasteiger partial charge on any atom is -0.361 e. The summed E-state index contributed by atoms with van der Waals surface area (Å²) in [7, 11) is 0. The quantitative estimate of drug-likeness (QED) is 0.376. The molecule has 0 unspecified atom stereocenters. The topological polar surface area (TPSA) is 82.8 Å². The molecule has 7 heteroatoms. The first-order valence-electron chi connectivity index (χ1n) is 11.0. The van der Waals surface area contributed by atoms with Crippen molar-refractivity contribution in [2.75, 3.05) is 13.1 Å². The van der Waals surface area contributed by atoms with Crippen molar-refractivity contribution < 1.29 is 9.32 Å². The van der Waals surface area contributed by atoms with Crippen molar-refractivity contribution in [3.8, 4) is 0 Å². The molecule has 0 saturated heterocycles. The summed E-state index contributed by atoms with van der Waals surface area (Å²) in [5, 5.41) is 10.8. The molecule has 3 rings (SSSR count). The molecule has 1 amide bonds. The number of rotatable bonds is 9. The number of nitrogens with one attached hydrogen (secondary N) is 2. The molecule has 0 fully saturated rings. The van der Waals surface area contributed by atoms with Crippen LogP contribution in [0.15, 0.2) is 33.8 Å². The number of benzene rings is 1. The molecule has 1 aromatic heterocycles. The van der Waals surface area contributed by atoms with Gasteiger partial charge in [-0.05, 0) is 30.9 Å². The number of aromatic nitrogens is 1. The lowest BCUT2D eigenvalue weighted by molar-refractivity contribution is -0.131. The Morgan fingerprint density at radius 2 is 1.87 bits per heavy atom. The Morgan fingerprint density at radius 1 is 1.13 bits per heavy atom. The van der Waals surface area contributed by atoms with Gasteiger partial charge in [-0.15, -0.1) is 0 Å². The van der Waals surface area contributed by atoms with E-state index in [2.05, 4.69) is 41.8 Å². The number of hydrogen-bond donors (Lipinski definition) is 2. The van der Waals surface area contributed by atoms with Crippen LogP contribution in [0.3, 0.4) is 0 Å². The highest BCUT2D eigenvalue weighted by atomic mass is 16.5. The molecule has 1 aromatic carbocycles. The molecule has 162 valence electrons. The summed E-state index contributed by atoms with van der Waals surface area (Å²) in [6, 6.07) is 8.27. The van der Waals surface area contributed by atoms with E-state index in [-0.39, 0.29) is 5.91 Å². The van der Waals surface area contributed by atoms with E-state index in [0.29, 0.717) is 19.5 Å². The number of carbonyl (C=O) groups is 1. The lowest BCUT2D eigenvalue weighted by Crippen LogP contribution is -2.38. The summed E-state index contributed by atoms with van der Waals surface area (Å²) >= 11 is 0. The molecule has 7 nitrogen and oxygen atoms in total. The van der Waals surface area contributed by atoms with E-state index in [9.17, 15) is 4.79 Å². The number of nitrogens with zero attached hydrogens (tertiary/aromatic N) is 3. The fourth-order valence-electron chi connectivity index (χ4n) is 3.73. The van der Waals surface area contributed by atoms with E-state index < -0.39 is 0 Å². The highest BCUT2D eigenvalue weighted by molar-refractivity contribution is 5.80. The highest BCUT2D eigenvalue weighted by Gasteiger charge is 2.22. The number of hydrogen-bond acceptors (Lipinski definition) is 4. The van der Waals surface area contributed by atoms with Crippen molar-refractivity contribution in [2.24, 2.45) is 4.99 Å². The second kappa shape index (κ2) is 10.8. The number of fused-ring (bicyclic) bond motifs is 1. The van der Waals surface area contributed by atoms with Crippen LogP contribution >= 0.6 is 0 Å². The van der Waals surface area contributed by atoms with E-state index in [1.165, 1.54) is 11.1 Å². The molecule has 1 aliphatic rings. The van der Waals surface area contributed by atoms with Crippen LogP contribution in [0, 0.1) is 0 Å². The molecule has 1 aliphatic heterocycles. The summed E-state index contributed by atoms with van der Waals surface area (Å²) in [5.41, 5.74) is 4.58. The molecule has 0 radical (unpaired) electrons. The number of guanidine groups is 1. The maximum Gasteiger partial charge on any atom is 0.223 e. The van der Waals surface area contributed by atoms with Gasteiger partial charge in [0.25, 0.3) is 0 Å². The molecular weight excluding hydrogens is 378 g/mol. The standard InChI is InChI=1S/C23H33N5O2/c1-4-20-19(21(5-2)30-27-20)14-26-23(24-6-3)25-13-9-12-22(29)28-15-17-10-7-8-11-18(17)16-28/h7-8,10-11H,4-6,9,12-16H2,1-3H3,(H2,24,25,26). The fraction of sp³-hybridized carbons (Fsp3) is 0.522. The van der Waals surface area contributed by atoms with Gasteiger partial charge in [0, 0.05) is 44.6 Å². The van der Waals surface area contributed by atoms with E-state index in [1.54, 1.807) is 0 Å². The van der Waals surface area contributed by atoms with Crippen LogP contribution in [0.25, 0.3) is 0 Å². The van der Waals surface area contributed by atoms with Crippen LogP contribution in [-0.4, -0.2) is 35.0 Å². The lowest BCUT2D eigenvalue weighted by atomic mass is 10.1. The molecule has 2 heterocycles. The van der Waals surface area contributed by atoms with E-state index in [1.807, 2.05) is 24.0 Å². The SMILES string of the molecule is CCNC(=NCc1c(CC)noc1CC)NCCCC(=O)N1Cc2ccccc2C1. The third kappa shape index (κ3) is 5.40. The summed E-state index contributed by atoms with van der Waals surface area (Å²) in [6.07, 6.45) is 2.95. The Morgan fingerprint density at radius 3 is 2.50 bits per heavy atom. The third-order valence-electron chi connectivity index (χ3n) is 5.40. The molecule has 0 atom stereocenters. The fourth-order valence-corrected chi connectivity index (χ4v) is 3.73. The first kappa shape index (κ1) is 21.9. The zero-order valence-corrected chi connectivity index (χ0v) is 18.3. The minimum atomic E-state index is 0.208. The van der Waals surface area contributed by atoms with Crippen molar-refractivity contribution in [3.63, 3.8) is 0 Å². The van der Waals surface area contributed by atoms with E-state index >= 15 is 0 Å². The van der Waals surface area contributed by atoms with Gasteiger partial charge in [-0.25, -0.2) is 4.99 Å². The Balaban J connectivity index is 1.46. The normalized spacial score (nSPS) is 13.4. The number of aryl methyl sites for hydroxylation is 2. The molecule has 2 aromatic rings. The van der Waals surface area contributed by atoms with Gasteiger partial charge in [-0.2, -0.15) is 0 Å². The predicted octanol–water partition coefficient (Wildman–Crippen LogP) is 3.18. The highest BCUT2D eigenvalue weighted by Crippen LogP contribution is 2.23. The van der Waals surface area contributed by atoms with Crippen molar-refractivity contribution in [1.29, 1.82) is 0 Å². The minimum absolute atomic E-state index is 0.208. The van der Waals surface area contributed by atoms with Gasteiger partial charge >= 0.3 is 0 Å². The molecule has 30 heavy (non-hydrogen) atoms. The molecule has 0 saturated carbocycles. The average molecular weight is 412 g/mol. The van der Waals surface area contributed by atoms with Crippen LogP contribution in [0.1, 0.15) is 61.8 Å². The van der Waals surface area contributed by atoms with Crippen molar-refractivity contribution in [2.45, 2.75) is 66.1 Å². The first-order valence-corrected chi connectivity index (χ1v) is 11.0. The first-order chi connectivity index (χ1) is 14.7. The van der Waals surface area contributed by atoms with Gasteiger partial charge in [0.05, 0.1) is 12.2 Å². The number of aliphatic imine (C=N–C) groups is 1. The summed E-state index contributed by atoms with van der Waals surface area (Å²) in [5.74, 6) is 1.87. The molecular formula is C23H33N5O2. The summed E-state index contributed by atoms with van der Waals surface area (Å²) in [6.45, 7) is 9.65. The average Bonchev–Trinajstić information content (AvgIpc) is 3.38. The maximum absolute atomic E-state index is 12.5. The number of carbonyl (C=O) groups excluding carboxylic acids is 1. The summed E-state index contributed by atoms with van der Waals surface area (Å²) in [4.78, 5) is 19.2. The second-order valence-corrected chi connectivity index (χ2v) is 7.48. The van der Waals surface area contributed by atoms with Gasteiger partial charge in [0.2, 0.25) is 5.91 Å². The van der Waals surface area contributed by atoms with Gasteiger partial charge in [-0.3, -0.25) is 4.79 Å². The van der Waals surface area contributed by atoms with Crippen molar-refractivity contribution in [3.05, 3.63) is 52.4 Å². The Bertz CT molecular complexity index is 828. The molecule has 0 aliphatic carbocycles. The maximum atomic E-state index is 12.5. The number of amides is 1. The second-order valence-electron chi connectivity index (χ2n) is 7.48. The van der Waals surface area contributed by atoms with Crippen molar-refractivity contribution >= 4 is 11.9 Å². The Labute approximate surface area is 178 Å². The zero-order valence-electron chi connectivity index (χ0n) is 18.3. The smallest absolute Gasteiger partial charge is 0.223 e. The summed E-state index contributed by atoms with van der Waals surface area (Å²) < 4.78 is 5.42. The molecule has 2 N–H and O–H groups in total. The Hall–Kier alpha value is -2.83. The van der Waals surface area contributed by atoms with Gasteiger partial charge < -0.3 is 20.1 Å². The van der Waals surface area contributed by atoms with Crippen LogP contribution < -0.4 is 10.6 Å². The van der Waals surface area contributed by atoms with Crippen LogP contribution in [-0.2, 0) is 37.3 Å². The lowest BCUT2D eigenvalue weighted by Gasteiger charge is -2.16. The van der Waals surface area contributed by atoms with Gasteiger partial charge in [0.1, 0.15) is 5.76 Å². The van der Waals surface area contributed by atoms with Crippen LogP contribution in [0.2, 0.25) is 0 Å². The van der Waals surface area contributed by atoms with E-state index in [4.69, 9.17) is 9.52 Å². The Kier molecular flexibility index (Phi) is 7.88. The molecule has 0 spiro atoms. The van der Waals surface area contributed by atoms with E-state index in [0.717, 1.165) is 61.9 Å². The third-order valence-corrected chi connectivity index (χ3v) is 5.40. The van der Waals surface area contributed by atoms with Crippen molar-refractivity contribution in [1.82, 2.24) is 20.7 Å². The van der Waals surface area contributed by atoms with Crippen LogP contribution in [0.5, 0.6) is 0 Å². The molecule has 0 bridgehead atoms. The van der Waals surface area contributed by atoms with Gasteiger partial charge in [-0.1, -0.05) is 43.3 Å². The van der Waals surface area contributed by atoms with Gasteiger partial charge in [0.15, 0.2) is 5.96 Å². The zero-order chi connectivity index (χ0) is 21.3. The van der Waals surface area contributed by atoms with Crippen LogP contribution in [0.4, 0.5) is 0 Å². The predicted molar refractivity (Wildman–Crippen MR) is 118 cm³/mol. The monoisotopic (exact) mass is 411 g/mol. The largest absolute Gasteiger partial charge is 0.361 e.